The molecule has 0 radical (unpaired) electrons. The maximum Gasteiger partial charge on any atom is 0.251 e. The van der Waals surface area contributed by atoms with Crippen molar-refractivity contribution in [3.63, 3.8) is 0 Å². The molecular formula is C21H20FN3O3. The van der Waals surface area contributed by atoms with Gasteiger partial charge < -0.3 is 10.2 Å². The molecule has 0 bridgehead atoms. The van der Waals surface area contributed by atoms with Crippen LogP contribution in [-0.4, -0.2) is 29.1 Å². The molecule has 4 rings (SSSR count). The predicted molar refractivity (Wildman–Crippen MR) is 101 cm³/mol. The van der Waals surface area contributed by atoms with E-state index in [1.54, 1.807) is 24.0 Å². The molecule has 2 amide bonds. The van der Waals surface area contributed by atoms with Gasteiger partial charge >= 0.3 is 0 Å². The summed E-state index contributed by atoms with van der Waals surface area (Å²) < 4.78 is 13.0. The minimum atomic E-state index is -0.454. The number of carbonyl (C=O) groups is 3. The van der Waals surface area contributed by atoms with E-state index in [2.05, 4.69) is 10.3 Å². The fourth-order valence-electron chi connectivity index (χ4n) is 3.32. The minimum Gasteiger partial charge on any atom is -0.344 e. The lowest BCUT2D eigenvalue weighted by atomic mass is 10.0. The van der Waals surface area contributed by atoms with Gasteiger partial charge in [0.05, 0.1) is 17.4 Å². The van der Waals surface area contributed by atoms with Crippen LogP contribution >= 0.6 is 0 Å². The van der Waals surface area contributed by atoms with E-state index in [9.17, 15) is 18.8 Å². The number of carbonyl (C=O) groups excluding carboxylic acids is 3. The van der Waals surface area contributed by atoms with Crippen molar-refractivity contribution in [2.45, 2.75) is 32.2 Å². The summed E-state index contributed by atoms with van der Waals surface area (Å²) in [5.41, 5.74) is 1.70. The van der Waals surface area contributed by atoms with Crippen molar-refractivity contribution in [1.82, 2.24) is 10.3 Å². The smallest absolute Gasteiger partial charge is 0.251 e. The number of anilines is 1. The first-order valence-electron chi connectivity index (χ1n) is 9.36. The summed E-state index contributed by atoms with van der Waals surface area (Å²) in [5.74, 6) is -0.752. The third kappa shape index (κ3) is 3.52. The lowest BCUT2D eigenvalue weighted by Gasteiger charge is -2.29. The van der Waals surface area contributed by atoms with E-state index in [0.29, 0.717) is 23.5 Å². The van der Waals surface area contributed by atoms with Crippen molar-refractivity contribution in [3.8, 4) is 0 Å². The zero-order chi connectivity index (χ0) is 19.8. The standard InChI is InChI=1S/C21H20FN3O3/c1-12(23-20(27)13-4-6-15(22)7-5-13)16-8-9-17-19(24-16)18(26)10-11-25(17)21(28)14-2-3-14/h4-9,12,14H,2-3,10-11H2,1H3,(H,23,27). The molecule has 1 saturated carbocycles. The number of benzene rings is 1. The predicted octanol–water partition coefficient (Wildman–Crippen LogP) is 3.04. The van der Waals surface area contributed by atoms with Gasteiger partial charge in [0.1, 0.15) is 11.5 Å². The zero-order valence-corrected chi connectivity index (χ0v) is 15.4. The Morgan fingerprint density at radius 1 is 1.18 bits per heavy atom. The Bertz CT molecular complexity index is 954. The third-order valence-electron chi connectivity index (χ3n) is 5.10. The largest absolute Gasteiger partial charge is 0.344 e. The monoisotopic (exact) mass is 381 g/mol. The molecule has 28 heavy (non-hydrogen) atoms. The summed E-state index contributed by atoms with van der Waals surface area (Å²) in [6.45, 7) is 2.15. The van der Waals surface area contributed by atoms with Crippen LogP contribution in [0, 0.1) is 11.7 Å². The van der Waals surface area contributed by atoms with Crippen LogP contribution in [0.2, 0.25) is 0 Å². The van der Waals surface area contributed by atoms with Crippen molar-refractivity contribution in [3.05, 3.63) is 59.2 Å². The van der Waals surface area contributed by atoms with E-state index in [-0.39, 0.29) is 35.6 Å². The molecular weight excluding hydrogens is 361 g/mol. The Kier molecular flexibility index (Phi) is 4.66. The second kappa shape index (κ2) is 7.14. The van der Waals surface area contributed by atoms with E-state index in [0.717, 1.165) is 12.8 Å². The Labute approximate surface area is 161 Å². The maximum atomic E-state index is 13.0. The molecule has 1 aromatic carbocycles. The molecule has 1 atom stereocenters. The van der Waals surface area contributed by atoms with Crippen LogP contribution in [0.3, 0.4) is 0 Å². The topological polar surface area (TPSA) is 79.4 Å². The summed E-state index contributed by atoms with van der Waals surface area (Å²) >= 11 is 0. The van der Waals surface area contributed by atoms with Crippen LogP contribution < -0.4 is 10.2 Å². The average molecular weight is 381 g/mol. The number of hydrogen-bond acceptors (Lipinski definition) is 4. The summed E-state index contributed by atoms with van der Waals surface area (Å²) in [7, 11) is 0. The zero-order valence-electron chi connectivity index (χ0n) is 15.4. The van der Waals surface area contributed by atoms with Crippen molar-refractivity contribution in [1.29, 1.82) is 0 Å². The average Bonchev–Trinajstić information content (AvgIpc) is 3.53. The van der Waals surface area contributed by atoms with Gasteiger partial charge in [0.15, 0.2) is 5.78 Å². The molecule has 1 aliphatic carbocycles. The second-order valence-corrected chi connectivity index (χ2v) is 7.24. The first-order valence-corrected chi connectivity index (χ1v) is 9.36. The SMILES string of the molecule is CC(NC(=O)c1ccc(F)cc1)c1ccc2c(n1)C(=O)CCN2C(=O)C1CC1. The molecule has 1 fully saturated rings. The molecule has 0 saturated heterocycles. The highest BCUT2D eigenvalue weighted by Crippen LogP contribution is 2.35. The molecule has 1 N–H and O–H groups in total. The van der Waals surface area contributed by atoms with Gasteiger partial charge in [-0.15, -0.1) is 0 Å². The second-order valence-electron chi connectivity index (χ2n) is 7.24. The number of amides is 2. The number of aromatic nitrogens is 1. The van der Waals surface area contributed by atoms with Crippen LogP contribution in [0.15, 0.2) is 36.4 Å². The number of ketones is 1. The van der Waals surface area contributed by atoms with Crippen LogP contribution in [0.1, 0.15) is 58.8 Å². The van der Waals surface area contributed by atoms with Gasteiger partial charge in [0.2, 0.25) is 5.91 Å². The first kappa shape index (κ1) is 18.3. The Balaban J connectivity index is 1.54. The lowest BCUT2D eigenvalue weighted by Crippen LogP contribution is -2.39. The number of hydrogen-bond donors (Lipinski definition) is 1. The highest BCUT2D eigenvalue weighted by molar-refractivity contribution is 6.08. The van der Waals surface area contributed by atoms with Gasteiger partial charge in [0.25, 0.3) is 5.91 Å². The number of halogens is 1. The van der Waals surface area contributed by atoms with Gasteiger partial charge in [-0.3, -0.25) is 14.4 Å². The number of nitrogens with one attached hydrogen (secondary N) is 1. The molecule has 2 heterocycles. The summed E-state index contributed by atoms with van der Waals surface area (Å²) in [6.07, 6.45) is 2.05. The van der Waals surface area contributed by atoms with Gasteiger partial charge in [-0.25, -0.2) is 9.37 Å². The number of nitrogens with zero attached hydrogens (tertiary/aromatic N) is 2. The van der Waals surface area contributed by atoms with Gasteiger partial charge in [-0.1, -0.05) is 0 Å². The highest BCUT2D eigenvalue weighted by atomic mass is 19.1. The molecule has 1 unspecified atom stereocenters. The normalized spacial score (nSPS) is 17.1. The molecule has 1 aliphatic heterocycles. The summed E-state index contributed by atoms with van der Waals surface area (Å²) in [4.78, 5) is 43.3. The van der Waals surface area contributed by atoms with Gasteiger partial charge in [-0.05, 0) is 56.2 Å². The van der Waals surface area contributed by atoms with Crippen molar-refractivity contribution < 1.29 is 18.8 Å². The third-order valence-corrected chi connectivity index (χ3v) is 5.10. The van der Waals surface area contributed by atoms with Crippen molar-refractivity contribution in [2.75, 3.05) is 11.4 Å². The molecule has 7 heteroatoms. The number of fused-ring (bicyclic) bond motifs is 1. The van der Waals surface area contributed by atoms with E-state index in [1.807, 2.05) is 0 Å². The molecule has 6 nitrogen and oxygen atoms in total. The fraction of sp³-hybridized carbons (Fsp3) is 0.333. The van der Waals surface area contributed by atoms with Gasteiger partial charge in [-0.2, -0.15) is 0 Å². The number of rotatable bonds is 4. The highest BCUT2D eigenvalue weighted by Gasteiger charge is 2.37. The number of Topliss-reactive ketones (excluding diaryl/α,β-unsaturated/α-hetero) is 1. The fourth-order valence-corrected chi connectivity index (χ4v) is 3.32. The number of pyridine rings is 1. The summed E-state index contributed by atoms with van der Waals surface area (Å²) in [6, 6.07) is 8.26. The first-order chi connectivity index (χ1) is 13.4. The van der Waals surface area contributed by atoms with Crippen LogP contribution in [0.25, 0.3) is 0 Å². The minimum absolute atomic E-state index is 0.0564. The van der Waals surface area contributed by atoms with E-state index in [4.69, 9.17) is 0 Å². The van der Waals surface area contributed by atoms with Crippen LogP contribution in [0.4, 0.5) is 10.1 Å². The van der Waals surface area contributed by atoms with E-state index in [1.165, 1.54) is 24.3 Å². The Morgan fingerprint density at radius 2 is 1.89 bits per heavy atom. The molecule has 0 spiro atoms. The molecule has 2 aromatic rings. The summed E-state index contributed by atoms with van der Waals surface area (Å²) in [5, 5.41) is 2.80. The van der Waals surface area contributed by atoms with Gasteiger partial charge in [0, 0.05) is 24.4 Å². The molecule has 2 aliphatic rings. The van der Waals surface area contributed by atoms with E-state index < -0.39 is 11.9 Å². The quantitative estimate of drug-likeness (QED) is 0.883. The van der Waals surface area contributed by atoms with Crippen molar-refractivity contribution >= 4 is 23.3 Å². The Morgan fingerprint density at radius 3 is 2.57 bits per heavy atom. The van der Waals surface area contributed by atoms with Crippen LogP contribution in [-0.2, 0) is 4.79 Å². The Hall–Kier alpha value is -3.09. The van der Waals surface area contributed by atoms with Crippen LogP contribution in [0.5, 0.6) is 0 Å². The molecule has 144 valence electrons. The van der Waals surface area contributed by atoms with Crippen molar-refractivity contribution in [2.24, 2.45) is 5.92 Å². The molecule has 1 aromatic heterocycles. The van der Waals surface area contributed by atoms with E-state index >= 15 is 0 Å². The lowest BCUT2D eigenvalue weighted by molar-refractivity contribution is -0.119. The maximum absolute atomic E-state index is 13.0.